The van der Waals surface area contributed by atoms with Gasteiger partial charge in [-0.2, -0.15) is 0 Å². The van der Waals surface area contributed by atoms with Crippen LogP contribution in [0.25, 0.3) is 0 Å². The van der Waals surface area contributed by atoms with Gasteiger partial charge >= 0.3 is 0 Å². The van der Waals surface area contributed by atoms with Gasteiger partial charge < -0.3 is 5.32 Å². The summed E-state index contributed by atoms with van der Waals surface area (Å²) in [5.41, 5.74) is 1.83. The van der Waals surface area contributed by atoms with Crippen LogP contribution in [0, 0.1) is 12.7 Å². The summed E-state index contributed by atoms with van der Waals surface area (Å²) in [7, 11) is 0. The van der Waals surface area contributed by atoms with Gasteiger partial charge in [-0.05, 0) is 52.2 Å². The molecule has 0 unspecified atom stereocenters. The second kappa shape index (κ2) is 5.93. The zero-order valence-electron chi connectivity index (χ0n) is 10.3. The number of hydrogen-bond acceptors (Lipinski definition) is 2. The Hall–Kier alpha value is -1.75. The molecule has 0 radical (unpaired) electrons. The number of rotatable bonds is 3. The fourth-order valence-electron chi connectivity index (χ4n) is 1.57. The molecule has 0 saturated carbocycles. The summed E-state index contributed by atoms with van der Waals surface area (Å²) < 4.78 is 14.0. The van der Waals surface area contributed by atoms with E-state index in [2.05, 4.69) is 26.2 Å². The van der Waals surface area contributed by atoms with E-state index in [-0.39, 0.29) is 18.3 Å². The molecule has 0 fully saturated rings. The summed E-state index contributed by atoms with van der Waals surface area (Å²) in [4.78, 5) is 15.8. The summed E-state index contributed by atoms with van der Waals surface area (Å²) in [5.74, 6) is -0.484. The van der Waals surface area contributed by atoms with Crippen molar-refractivity contribution in [3.8, 4) is 0 Å². The van der Waals surface area contributed by atoms with Gasteiger partial charge in [0.15, 0.2) is 0 Å². The van der Waals surface area contributed by atoms with Gasteiger partial charge in [0.25, 0.3) is 5.91 Å². The van der Waals surface area contributed by atoms with E-state index < -0.39 is 0 Å². The van der Waals surface area contributed by atoms with E-state index in [1.807, 2.05) is 0 Å². The minimum absolute atomic E-state index is 0.218. The van der Waals surface area contributed by atoms with Gasteiger partial charge in [0.1, 0.15) is 10.4 Å². The van der Waals surface area contributed by atoms with Crippen molar-refractivity contribution in [2.24, 2.45) is 0 Å². The molecule has 0 bridgehead atoms. The largest absolute Gasteiger partial charge is 0.348 e. The third-order valence-electron chi connectivity index (χ3n) is 2.68. The number of aromatic nitrogens is 1. The molecule has 0 atom stereocenters. The number of carbonyl (C=O) groups excluding carboxylic acids is 1. The first-order valence-corrected chi connectivity index (χ1v) is 6.50. The molecule has 1 aromatic heterocycles. The second-order valence-electron chi connectivity index (χ2n) is 4.13. The molecule has 98 valence electrons. The highest BCUT2D eigenvalue weighted by molar-refractivity contribution is 9.10. The maximum absolute atomic E-state index is 13.4. The highest BCUT2D eigenvalue weighted by atomic mass is 79.9. The molecular weight excluding hydrogens is 311 g/mol. The lowest BCUT2D eigenvalue weighted by molar-refractivity contribution is 0.0950. The first kappa shape index (κ1) is 13.7. The fraction of sp³-hybridized carbons (Fsp3) is 0.143. The van der Waals surface area contributed by atoms with Gasteiger partial charge in [-0.1, -0.05) is 12.1 Å². The van der Waals surface area contributed by atoms with Crippen LogP contribution < -0.4 is 5.32 Å². The van der Waals surface area contributed by atoms with Crippen molar-refractivity contribution in [1.29, 1.82) is 0 Å². The molecule has 0 spiro atoms. The Labute approximate surface area is 119 Å². The molecule has 1 aromatic carbocycles. The van der Waals surface area contributed by atoms with Gasteiger partial charge in [-0.25, -0.2) is 9.37 Å². The molecule has 0 saturated heterocycles. The second-order valence-corrected chi connectivity index (χ2v) is 4.95. The maximum Gasteiger partial charge on any atom is 0.251 e. The van der Waals surface area contributed by atoms with Crippen molar-refractivity contribution < 1.29 is 9.18 Å². The van der Waals surface area contributed by atoms with Crippen LogP contribution in [0.4, 0.5) is 4.39 Å². The number of aryl methyl sites for hydroxylation is 1. The number of amides is 1. The molecule has 1 N–H and O–H groups in total. The number of carbonyl (C=O) groups is 1. The SMILES string of the molecule is Cc1ccc(CNC(=O)c2ccnc(Br)c2)cc1F. The molecule has 2 aromatic rings. The number of nitrogens with one attached hydrogen (secondary N) is 1. The minimum atomic E-state index is -0.265. The molecule has 3 nitrogen and oxygen atoms in total. The van der Waals surface area contributed by atoms with Crippen LogP contribution in [0.3, 0.4) is 0 Å². The van der Waals surface area contributed by atoms with E-state index in [4.69, 9.17) is 0 Å². The topological polar surface area (TPSA) is 42.0 Å². The van der Waals surface area contributed by atoms with Crippen molar-refractivity contribution in [3.63, 3.8) is 0 Å². The van der Waals surface area contributed by atoms with E-state index in [9.17, 15) is 9.18 Å². The molecule has 1 amide bonds. The molecule has 0 aliphatic heterocycles. The van der Waals surface area contributed by atoms with Crippen LogP contribution in [0.2, 0.25) is 0 Å². The smallest absolute Gasteiger partial charge is 0.251 e. The third-order valence-corrected chi connectivity index (χ3v) is 3.11. The highest BCUT2D eigenvalue weighted by Gasteiger charge is 2.06. The third kappa shape index (κ3) is 3.61. The van der Waals surface area contributed by atoms with E-state index in [0.717, 1.165) is 5.56 Å². The summed E-state index contributed by atoms with van der Waals surface area (Å²) in [6.45, 7) is 1.99. The Bertz CT molecular complexity index is 616. The van der Waals surface area contributed by atoms with E-state index in [0.29, 0.717) is 15.7 Å². The molecule has 0 aliphatic rings. The average Bonchev–Trinajstić information content (AvgIpc) is 2.40. The van der Waals surface area contributed by atoms with Crippen LogP contribution >= 0.6 is 15.9 Å². The van der Waals surface area contributed by atoms with Gasteiger partial charge in [-0.3, -0.25) is 4.79 Å². The molecule has 0 aliphatic carbocycles. The Kier molecular flexibility index (Phi) is 4.27. The quantitative estimate of drug-likeness (QED) is 0.881. The normalized spacial score (nSPS) is 10.3. The van der Waals surface area contributed by atoms with Crippen molar-refractivity contribution >= 4 is 21.8 Å². The number of nitrogens with zero attached hydrogens (tertiary/aromatic N) is 1. The van der Waals surface area contributed by atoms with Gasteiger partial charge in [0.2, 0.25) is 0 Å². The van der Waals surface area contributed by atoms with Crippen LogP contribution in [-0.4, -0.2) is 10.9 Å². The lowest BCUT2D eigenvalue weighted by atomic mass is 10.1. The monoisotopic (exact) mass is 322 g/mol. The molecule has 1 heterocycles. The fourth-order valence-corrected chi connectivity index (χ4v) is 1.94. The van der Waals surface area contributed by atoms with E-state index in [1.165, 1.54) is 6.07 Å². The lowest BCUT2D eigenvalue weighted by Crippen LogP contribution is -2.22. The summed E-state index contributed by atoms with van der Waals surface area (Å²) in [6, 6.07) is 8.17. The zero-order chi connectivity index (χ0) is 13.8. The average molecular weight is 323 g/mol. The predicted octanol–water partition coefficient (Wildman–Crippen LogP) is 3.22. The predicted molar refractivity (Wildman–Crippen MR) is 74.2 cm³/mol. The first-order chi connectivity index (χ1) is 9.06. The van der Waals surface area contributed by atoms with Crippen molar-refractivity contribution in [3.05, 3.63) is 63.6 Å². The van der Waals surface area contributed by atoms with Crippen LogP contribution in [0.15, 0.2) is 41.1 Å². The van der Waals surface area contributed by atoms with E-state index >= 15 is 0 Å². The van der Waals surface area contributed by atoms with Crippen LogP contribution in [-0.2, 0) is 6.54 Å². The Morgan fingerprint density at radius 1 is 1.37 bits per heavy atom. The highest BCUT2D eigenvalue weighted by Crippen LogP contribution is 2.10. The van der Waals surface area contributed by atoms with Crippen LogP contribution in [0.5, 0.6) is 0 Å². The molecular formula is C14H12BrFN2O. The Balaban J connectivity index is 2.02. The summed E-state index contributed by atoms with van der Waals surface area (Å²) in [5, 5.41) is 2.73. The minimum Gasteiger partial charge on any atom is -0.348 e. The zero-order valence-corrected chi connectivity index (χ0v) is 11.9. The number of halogens is 2. The van der Waals surface area contributed by atoms with Gasteiger partial charge in [-0.15, -0.1) is 0 Å². The van der Waals surface area contributed by atoms with Gasteiger partial charge in [0.05, 0.1) is 0 Å². The summed E-state index contributed by atoms with van der Waals surface area (Å²) >= 11 is 3.20. The summed E-state index contributed by atoms with van der Waals surface area (Å²) in [6.07, 6.45) is 1.55. The first-order valence-electron chi connectivity index (χ1n) is 5.71. The number of hydrogen-bond donors (Lipinski definition) is 1. The number of pyridine rings is 1. The van der Waals surface area contributed by atoms with Crippen molar-refractivity contribution in [2.45, 2.75) is 13.5 Å². The molecule has 19 heavy (non-hydrogen) atoms. The van der Waals surface area contributed by atoms with Crippen molar-refractivity contribution in [1.82, 2.24) is 10.3 Å². The Morgan fingerprint density at radius 2 is 2.16 bits per heavy atom. The standard InChI is InChI=1S/C14H12BrFN2O/c1-9-2-3-10(6-12(9)16)8-18-14(19)11-4-5-17-13(15)7-11/h2-7H,8H2,1H3,(H,18,19). The van der Waals surface area contributed by atoms with E-state index in [1.54, 1.807) is 37.4 Å². The van der Waals surface area contributed by atoms with Crippen LogP contribution in [0.1, 0.15) is 21.5 Å². The molecule has 5 heteroatoms. The van der Waals surface area contributed by atoms with Crippen molar-refractivity contribution in [2.75, 3.05) is 0 Å². The maximum atomic E-state index is 13.4. The lowest BCUT2D eigenvalue weighted by Gasteiger charge is -2.06. The Morgan fingerprint density at radius 3 is 2.84 bits per heavy atom. The number of benzene rings is 1. The van der Waals surface area contributed by atoms with Gasteiger partial charge in [0, 0.05) is 18.3 Å². The molecule has 2 rings (SSSR count).